The van der Waals surface area contributed by atoms with Crippen molar-refractivity contribution in [3.05, 3.63) is 98.0 Å². The van der Waals surface area contributed by atoms with Gasteiger partial charge in [0, 0.05) is 26.7 Å². The van der Waals surface area contributed by atoms with Crippen molar-refractivity contribution in [3.63, 3.8) is 0 Å². The van der Waals surface area contributed by atoms with Crippen molar-refractivity contribution in [2.75, 3.05) is 11.9 Å². The van der Waals surface area contributed by atoms with Crippen LogP contribution in [0.2, 0.25) is 5.02 Å². The van der Waals surface area contributed by atoms with Crippen LogP contribution in [0, 0.1) is 0 Å². The van der Waals surface area contributed by atoms with Crippen molar-refractivity contribution >= 4 is 56.2 Å². The first-order chi connectivity index (χ1) is 18.5. The molecule has 7 nitrogen and oxygen atoms in total. The lowest BCUT2D eigenvalue weighted by atomic mass is 9.88. The van der Waals surface area contributed by atoms with Crippen molar-refractivity contribution < 1.29 is 9.53 Å². The average Bonchev–Trinajstić information content (AvgIpc) is 2.93. The Morgan fingerprint density at radius 2 is 1.87 bits per heavy atom. The largest absolute Gasteiger partial charge is 0.483 e. The fraction of sp³-hybridized carbons (Fsp3) is 0.241. The predicted molar refractivity (Wildman–Crippen MR) is 155 cm³/mol. The lowest BCUT2D eigenvalue weighted by Gasteiger charge is -2.22. The fourth-order valence-electron chi connectivity index (χ4n) is 4.62. The van der Waals surface area contributed by atoms with Gasteiger partial charge in [-0.15, -0.1) is 0 Å². The van der Waals surface area contributed by atoms with Crippen LogP contribution in [0.4, 0.5) is 5.69 Å². The van der Waals surface area contributed by atoms with Crippen molar-refractivity contribution in [3.8, 4) is 5.75 Å². The highest BCUT2D eigenvalue weighted by molar-refractivity contribution is 9.10. The first-order valence-corrected chi connectivity index (χ1v) is 13.7. The van der Waals surface area contributed by atoms with Crippen LogP contribution in [0.1, 0.15) is 49.4 Å². The van der Waals surface area contributed by atoms with E-state index in [0.717, 1.165) is 30.2 Å². The molecular weight excluding hydrogens is 568 g/mol. The lowest BCUT2D eigenvalue weighted by Crippen LogP contribution is -2.25. The van der Waals surface area contributed by atoms with Crippen LogP contribution in [0.3, 0.4) is 0 Å². The summed E-state index contributed by atoms with van der Waals surface area (Å²) in [5.41, 5.74) is 1.72. The molecule has 0 unspecified atom stereocenters. The van der Waals surface area contributed by atoms with E-state index >= 15 is 0 Å². The minimum Gasteiger partial charge on any atom is -0.483 e. The maximum Gasteiger partial charge on any atom is 0.282 e. The number of carbonyl (C=O) groups excluding carboxylic acids is 1. The molecule has 1 aliphatic carbocycles. The third-order valence-corrected chi connectivity index (χ3v) is 7.27. The molecule has 1 fully saturated rings. The molecule has 194 valence electrons. The molecule has 0 spiro atoms. The zero-order chi connectivity index (χ0) is 26.5. The molecule has 0 atom stereocenters. The van der Waals surface area contributed by atoms with Crippen LogP contribution in [0.15, 0.2) is 81.1 Å². The monoisotopic (exact) mass is 592 g/mol. The van der Waals surface area contributed by atoms with Gasteiger partial charge in [0.15, 0.2) is 6.61 Å². The van der Waals surface area contributed by atoms with Gasteiger partial charge >= 0.3 is 0 Å². The second kappa shape index (κ2) is 11.9. The molecule has 1 amide bonds. The van der Waals surface area contributed by atoms with Crippen LogP contribution < -0.4 is 15.6 Å². The third-order valence-electron chi connectivity index (χ3n) is 6.52. The zero-order valence-corrected chi connectivity index (χ0v) is 22.9. The summed E-state index contributed by atoms with van der Waals surface area (Å²) < 4.78 is 8.07. The number of fused-ring (bicyclic) bond motifs is 1. The highest BCUT2D eigenvalue weighted by Crippen LogP contribution is 2.32. The van der Waals surface area contributed by atoms with Crippen molar-refractivity contribution in [2.45, 2.75) is 38.0 Å². The summed E-state index contributed by atoms with van der Waals surface area (Å²) in [6.07, 6.45) is 6.96. The molecular formula is C29H26BrClN4O3. The number of para-hydroxylation sites is 1. The number of halogens is 2. The van der Waals surface area contributed by atoms with E-state index in [1.165, 1.54) is 11.1 Å². The Kier molecular flexibility index (Phi) is 8.20. The van der Waals surface area contributed by atoms with Gasteiger partial charge in [-0.2, -0.15) is 9.78 Å². The highest BCUT2D eigenvalue weighted by Gasteiger charge is 2.22. The zero-order valence-electron chi connectivity index (χ0n) is 20.6. The Morgan fingerprint density at radius 3 is 2.66 bits per heavy atom. The summed E-state index contributed by atoms with van der Waals surface area (Å²) >= 11 is 9.40. The Balaban J connectivity index is 1.42. The quantitative estimate of drug-likeness (QED) is 0.240. The number of ether oxygens (including phenoxy) is 1. The molecule has 38 heavy (non-hydrogen) atoms. The summed E-state index contributed by atoms with van der Waals surface area (Å²) in [5, 5.41) is 8.50. The van der Waals surface area contributed by atoms with Gasteiger partial charge in [0.2, 0.25) is 0 Å². The maximum atomic E-state index is 13.5. The normalized spacial score (nSPS) is 14.2. The molecule has 3 aromatic carbocycles. The highest BCUT2D eigenvalue weighted by atomic mass is 79.9. The molecule has 4 aromatic rings. The summed E-state index contributed by atoms with van der Waals surface area (Å²) in [6, 6.07) is 19.6. The third kappa shape index (κ3) is 6.14. The topological polar surface area (TPSA) is 85.6 Å². The van der Waals surface area contributed by atoms with E-state index in [4.69, 9.17) is 21.3 Å². The van der Waals surface area contributed by atoms with Crippen LogP contribution in [-0.2, 0) is 4.79 Å². The van der Waals surface area contributed by atoms with Crippen LogP contribution in [-0.4, -0.2) is 28.4 Å². The van der Waals surface area contributed by atoms with Crippen LogP contribution >= 0.6 is 27.5 Å². The van der Waals surface area contributed by atoms with E-state index in [-0.39, 0.29) is 24.0 Å². The van der Waals surface area contributed by atoms with E-state index in [0.29, 0.717) is 38.8 Å². The first kappa shape index (κ1) is 26.1. The van der Waals surface area contributed by atoms with Crippen molar-refractivity contribution in [1.29, 1.82) is 0 Å². The van der Waals surface area contributed by atoms with E-state index in [2.05, 4.69) is 26.3 Å². The molecule has 0 radical (unpaired) electrons. The Hall–Kier alpha value is -3.49. The Morgan fingerprint density at radius 1 is 1.11 bits per heavy atom. The molecule has 1 heterocycles. The number of hydrogen-bond donors (Lipinski definition) is 1. The number of nitrogens with zero attached hydrogens (tertiary/aromatic N) is 3. The summed E-state index contributed by atoms with van der Waals surface area (Å²) in [7, 11) is 0. The molecule has 5 rings (SSSR count). The van der Waals surface area contributed by atoms with Gasteiger partial charge < -0.3 is 10.1 Å². The predicted octanol–water partition coefficient (Wildman–Crippen LogP) is 6.76. The number of carbonyl (C=O) groups is 1. The second-order valence-corrected chi connectivity index (χ2v) is 10.6. The van der Waals surface area contributed by atoms with E-state index < -0.39 is 0 Å². The first-order valence-electron chi connectivity index (χ1n) is 12.5. The fourth-order valence-corrected chi connectivity index (χ4v) is 5.13. The molecule has 0 bridgehead atoms. The number of benzene rings is 3. The van der Waals surface area contributed by atoms with Gasteiger partial charge in [0.1, 0.15) is 11.6 Å². The van der Waals surface area contributed by atoms with Crippen molar-refractivity contribution in [2.24, 2.45) is 5.10 Å². The van der Waals surface area contributed by atoms with Gasteiger partial charge in [-0.25, -0.2) is 4.98 Å². The molecule has 1 N–H and O–H groups in total. The number of anilines is 1. The molecule has 0 aliphatic heterocycles. The lowest BCUT2D eigenvalue weighted by molar-refractivity contribution is -0.118. The van der Waals surface area contributed by atoms with Gasteiger partial charge in [-0.1, -0.05) is 58.9 Å². The minimum atomic E-state index is -0.312. The Labute approximate surface area is 233 Å². The number of aromatic nitrogens is 2. The summed E-state index contributed by atoms with van der Waals surface area (Å²) in [4.78, 5) is 30.8. The van der Waals surface area contributed by atoms with Gasteiger partial charge in [0.25, 0.3) is 11.5 Å². The van der Waals surface area contributed by atoms with E-state index in [1.54, 1.807) is 42.6 Å². The molecule has 1 aromatic heterocycles. The van der Waals surface area contributed by atoms with E-state index in [9.17, 15) is 9.59 Å². The van der Waals surface area contributed by atoms with Crippen molar-refractivity contribution in [1.82, 2.24) is 9.66 Å². The molecule has 9 heteroatoms. The summed E-state index contributed by atoms with van der Waals surface area (Å²) in [6.45, 7) is -0.199. The smallest absolute Gasteiger partial charge is 0.282 e. The number of rotatable bonds is 7. The van der Waals surface area contributed by atoms with E-state index in [1.807, 2.05) is 30.3 Å². The molecule has 1 aliphatic rings. The van der Waals surface area contributed by atoms with Crippen LogP contribution in [0.25, 0.3) is 10.9 Å². The van der Waals surface area contributed by atoms with Gasteiger partial charge in [-0.05, 0) is 67.4 Å². The van der Waals surface area contributed by atoms with Gasteiger partial charge in [0.05, 0.1) is 17.1 Å². The molecule has 0 saturated heterocycles. The number of nitrogens with one attached hydrogen (secondary N) is 1. The molecule has 1 saturated carbocycles. The maximum absolute atomic E-state index is 13.5. The minimum absolute atomic E-state index is 0.174. The van der Waals surface area contributed by atoms with Gasteiger partial charge in [-0.3, -0.25) is 9.59 Å². The Bertz CT molecular complexity index is 1550. The second-order valence-electron chi connectivity index (χ2n) is 9.21. The average molecular weight is 594 g/mol. The van der Waals surface area contributed by atoms with Crippen LogP contribution in [0.5, 0.6) is 5.75 Å². The number of hydrogen-bond acceptors (Lipinski definition) is 5. The number of amides is 1. The standard InChI is InChI=1S/C29H26BrClN4O3/c30-21-10-15-26(38-18-27(36)33-23-13-11-22(31)12-14-23)20(16-21)17-32-35-28(19-6-2-1-3-7-19)34-25-9-5-4-8-24(25)29(35)37/h4-5,8-17,19H,1-3,6-7,18H2,(H,33,36). The summed E-state index contributed by atoms with van der Waals surface area (Å²) in [5.74, 6) is 1.01. The SMILES string of the molecule is O=C(COc1ccc(Br)cc1C=Nn1c(C2CCCCC2)nc2ccccc2c1=O)Nc1ccc(Cl)cc1.